The highest BCUT2D eigenvalue weighted by Gasteiger charge is 2.30. The summed E-state index contributed by atoms with van der Waals surface area (Å²) in [6.45, 7) is 0. The second-order valence-electron chi connectivity index (χ2n) is 3.65. The van der Waals surface area contributed by atoms with E-state index in [-0.39, 0.29) is 0 Å². The molecule has 14 heavy (non-hydrogen) atoms. The Kier molecular flexibility index (Phi) is 1.56. The molecule has 0 aromatic carbocycles. The number of aryl methyl sites for hydroxylation is 1. The Labute approximate surface area is 85.9 Å². The lowest BCUT2D eigenvalue weighted by Gasteiger charge is -1.93. The Balaban J connectivity index is 2.39. The third-order valence-electron chi connectivity index (χ3n) is 2.57. The fourth-order valence-electron chi connectivity index (χ4n) is 1.72. The average Bonchev–Trinajstić information content (AvgIpc) is 2.94. The fourth-order valence-corrected chi connectivity index (χ4v) is 1.95. The molecule has 0 saturated heterocycles. The minimum absolute atomic E-state index is 0.519. The van der Waals surface area contributed by atoms with Crippen molar-refractivity contribution in [2.75, 3.05) is 0 Å². The molecule has 0 atom stereocenters. The molecule has 1 aliphatic rings. The fraction of sp³-hybridized carbons (Fsp3) is 0.444. The normalized spacial score (nSPS) is 16.4. The zero-order valence-electron chi connectivity index (χ0n) is 7.74. The van der Waals surface area contributed by atoms with Crippen molar-refractivity contribution in [3.05, 3.63) is 17.2 Å². The molecular formula is C9H9ClN4. The quantitative estimate of drug-likeness (QED) is 0.673. The molecule has 0 N–H and O–H groups in total. The van der Waals surface area contributed by atoms with Crippen molar-refractivity contribution in [2.24, 2.45) is 7.05 Å². The summed E-state index contributed by atoms with van der Waals surface area (Å²) in [4.78, 5) is 8.17. The number of hydrogen-bond acceptors (Lipinski definition) is 3. The summed E-state index contributed by atoms with van der Waals surface area (Å²) >= 11 is 6.04. The lowest BCUT2D eigenvalue weighted by molar-refractivity contribution is 0.759. The van der Waals surface area contributed by atoms with Crippen LogP contribution in [0.3, 0.4) is 0 Å². The van der Waals surface area contributed by atoms with Gasteiger partial charge in [0.2, 0.25) is 0 Å². The van der Waals surface area contributed by atoms with Gasteiger partial charge in [0.15, 0.2) is 5.65 Å². The third-order valence-corrected chi connectivity index (χ3v) is 2.85. The summed E-state index contributed by atoms with van der Waals surface area (Å²) in [6.07, 6.45) is 3.89. The highest BCUT2D eigenvalue weighted by Crippen LogP contribution is 2.43. The smallest absolute Gasteiger partial charge is 0.162 e. The first-order valence-corrected chi connectivity index (χ1v) is 4.98. The second-order valence-corrected chi connectivity index (χ2v) is 4.00. The highest BCUT2D eigenvalue weighted by atomic mass is 35.5. The topological polar surface area (TPSA) is 43.6 Å². The maximum atomic E-state index is 6.04. The number of fused-ring (bicyclic) bond motifs is 1. The van der Waals surface area contributed by atoms with Crippen LogP contribution in [0.15, 0.2) is 6.33 Å². The van der Waals surface area contributed by atoms with Crippen LogP contribution in [0.1, 0.15) is 24.5 Å². The Hall–Kier alpha value is -1.16. The van der Waals surface area contributed by atoms with Crippen molar-refractivity contribution in [3.63, 3.8) is 0 Å². The van der Waals surface area contributed by atoms with Crippen LogP contribution in [0.5, 0.6) is 0 Å². The van der Waals surface area contributed by atoms with Gasteiger partial charge in [0.1, 0.15) is 11.5 Å². The van der Waals surface area contributed by atoms with Crippen LogP contribution in [0.2, 0.25) is 5.15 Å². The molecule has 0 spiro atoms. The lowest BCUT2D eigenvalue weighted by atomic mass is 10.2. The zero-order valence-corrected chi connectivity index (χ0v) is 8.49. The van der Waals surface area contributed by atoms with Crippen molar-refractivity contribution in [1.82, 2.24) is 19.7 Å². The molecule has 1 fully saturated rings. The van der Waals surface area contributed by atoms with Crippen LogP contribution in [0, 0.1) is 0 Å². The standard InChI is InChI=1S/C9H9ClN4/c1-14-9-6(8(10)11-4-12-9)7(13-14)5-2-3-5/h4-5H,2-3H2,1H3. The van der Waals surface area contributed by atoms with Gasteiger partial charge < -0.3 is 0 Å². The minimum atomic E-state index is 0.519. The molecule has 0 radical (unpaired) electrons. The van der Waals surface area contributed by atoms with Crippen molar-refractivity contribution < 1.29 is 0 Å². The van der Waals surface area contributed by atoms with Crippen LogP contribution < -0.4 is 0 Å². The van der Waals surface area contributed by atoms with E-state index in [1.165, 1.54) is 19.2 Å². The van der Waals surface area contributed by atoms with Gasteiger partial charge in [-0.15, -0.1) is 0 Å². The van der Waals surface area contributed by atoms with Gasteiger partial charge in [0.05, 0.1) is 11.1 Å². The summed E-state index contributed by atoms with van der Waals surface area (Å²) < 4.78 is 1.77. The zero-order chi connectivity index (χ0) is 9.71. The molecule has 0 amide bonds. The van der Waals surface area contributed by atoms with Crippen LogP contribution in [0.25, 0.3) is 11.0 Å². The Morgan fingerprint density at radius 2 is 2.21 bits per heavy atom. The van der Waals surface area contributed by atoms with E-state index in [9.17, 15) is 0 Å². The van der Waals surface area contributed by atoms with Gasteiger partial charge in [-0.3, -0.25) is 4.68 Å². The predicted octanol–water partition coefficient (Wildman–Crippen LogP) is 1.89. The number of rotatable bonds is 1. The van der Waals surface area contributed by atoms with Crippen molar-refractivity contribution in [1.29, 1.82) is 0 Å². The molecule has 2 aromatic heterocycles. The van der Waals surface area contributed by atoms with E-state index in [0.29, 0.717) is 11.1 Å². The number of hydrogen-bond donors (Lipinski definition) is 0. The first kappa shape index (κ1) is 8.17. The number of halogens is 1. The van der Waals surface area contributed by atoms with Crippen molar-refractivity contribution in [2.45, 2.75) is 18.8 Å². The second kappa shape index (κ2) is 2.67. The molecule has 5 heteroatoms. The van der Waals surface area contributed by atoms with Crippen LogP contribution >= 0.6 is 11.6 Å². The van der Waals surface area contributed by atoms with E-state index in [1.54, 1.807) is 4.68 Å². The number of nitrogens with zero attached hydrogens (tertiary/aromatic N) is 4. The summed E-state index contributed by atoms with van der Waals surface area (Å²) in [6, 6.07) is 0. The third kappa shape index (κ3) is 1.04. The number of aromatic nitrogens is 4. The van der Waals surface area contributed by atoms with Gasteiger partial charge >= 0.3 is 0 Å². The highest BCUT2D eigenvalue weighted by molar-refractivity contribution is 6.34. The first-order chi connectivity index (χ1) is 6.77. The van der Waals surface area contributed by atoms with Crippen molar-refractivity contribution >= 4 is 22.6 Å². The molecule has 0 aliphatic heterocycles. The van der Waals surface area contributed by atoms with Gasteiger partial charge in [-0.1, -0.05) is 11.6 Å². The summed E-state index contributed by atoms with van der Waals surface area (Å²) in [7, 11) is 1.89. The summed E-state index contributed by atoms with van der Waals surface area (Å²) in [5, 5.41) is 5.89. The predicted molar refractivity (Wildman–Crippen MR) is 53.3 cm³/mol. The van der Waals surface area contributed by atoms with E-state index >= 15 is 0 Å². The molecular weight excluding hydrogens is 200 g/mol. The molecule has 72 valence electrons. The van der Waals surface area contributed by atoms with E-state index in [0.717, 1.165) is 16.7 Å². The Morgan fingerprint density at radius 3 is 2.93 bits per heavy atom. The van der Waals surface area contributed by atoms with Crippen molar-refractivity contribution in [3.8, 4) is 0 Å². The molecule has 3 rings (SSSR count). The van der Waals surface area contributed by atoms with E-state index in [2.05, 4.69) is 15.1 Å². The molecule has 0 bridgehead atoms. The van der Waals surface area contributed by atoms with E-state index in [1.807, 2.05) is 7.05 Å². The molecule has 1 saturated carbocycles. The Bertz CT molecular complexity index is 501. The molecule has 2 aromatic rings. The monoisotopic (exact) mass is 208 g/mol. The molecule has 2 heterocycles. The van der Waals surface area contributed by atoms with Gasteiger partial charge in [0, 0.05) is 13.0 Å². The Morgan fingerprint density at radius 1 is 1.43 bits per heavy atom. The molecule has 4 nitrogen and oxygen atoms in total. The largest absolute Gasteiger partial charge is 0.250 e. The summed E-state index contributed by atoms with van der Waals surface area (Å²) in [5.74, 6) is 0.571. The van der Waals surface area contributed by atoms with Gasteiger partial charge in [-0.2, -0.15) is 5.10 Å². The first-order valence-electron chi connectivity index (χ1n) is 4.60. The van der Waals surface area contributed by atoms with Crippen LogP contribution in [-0.2, 0) is 7.05 Å². The maximum absolute atomic E-state index is 6.04. The van der Waals surface area contributed by atoms with E-state index < -0.39 is 0 Å². The molecule has 1 aliphatic carbocycles. The van der Waals surface area contributed by atoms with Crippen LogP contribution in [0.4, 0.5) is 0 Å². The average molecular weight is 209 g/mol. The minimum Gasteiger partial charge on any atom is -0.250 e. The van der Waals surface area contributed by atoms with E-state index in [4.69, 9.17) is 11.6 Å². The summed E-state index contributed by atoms with van der Waals surface area (Å²) in [5.41, 5.74) is 1.89. The molecule has 0 unspecified atom stereocenters. The van der Waals surface area contributed by atoms with Gasteiger partial charge in [-0.25, -0.2) is 9.97 Å². The van der Waals surface area contributed by atoms with Gasteiger partial charge in [-0.05, 0) is 12.8 Å². The van der Waals surface area contributed by atoms with Crippen LogP contribution in [-0.4, -0.2) is 19.7 Å². The SMILES string of the molecule is Cn1nc(C2CC2)c2c(Cl)ncnc21. The lowest BCUT2D eigenvalue weighted by Crippen LogP contribution is -1.92. The maximum Gasteiger partial charge on any atom is 0.162 e. The van der Waals surface area contributed by atoms with Gasteiger partial charge in [0.25, 0.3) is 0 Å².